The van der Waals surface area contributed by atoms with Crippen molar-refractivity contribution in [3.8, 4) is 29.4 Å². The number of hydrogen-bond donors (Lipinski definition) is 4. The van der Waals surface area contributed by atoms with Crippen LogP contribution in [0.15, 0.2) is 50.8 Å². The van der Waals surface area contributed by atoms with E-state index in [0.29, 0.717) is 34.1 Å². The Labute approximate surface area is 218 Å². The number of nitrogen functional groups attached to an aromatic ring is 2. The molecule has 0 saturated heterocycles. The zero-order valence-electron chi connectivity index (χ0n) is 19.3. The van der Waals surface area contributed by atoms with Gasteiger partial charge in [0.25, 0.3) is 5.78 Å². The number of nitrogens with zero attached hydrogens (tertiary/aromatic N) is 8. The Balaban J connectivity index is 0.000000164. The van der Waals surface area contributed by atoms with Crippen molar-refractivity contribution in [2.75, 3.05) is 30.2 Å². The van der Waals surface area contributed by atoms with Gasteiger partial charge in [0.1, 0.15) is 4.71 Å². The molecular formula is C19H22N12O2S3. The lowest BCUT2D eigenvalue weighted by Crippen LogP contribution is -2.15. The summed E-state index contributed by atoms with van der Waals surface area (Å²) in [6.07, 6.45) is 10.8. The van der Waals surface area contributed by atoms with Gasteiger partial charge in [-0.1, -0.05) is 11.8 Å². The fourth-order valence-electron chi connectivity index (χ4n) is 2.45. The van der Waals surface area contributed by atoms with Gasteiger partial charge < -0.3 is 25.6 Å². The Morgan fingerprint density at radius 3 is 2.22 bits per heavy atom. The van der Waals surface area contributed by atoms with Crippen molar-refractivity contribution >= 4 is 53.0 Å². The highest BCUT2D eigenvalue weighted by molar-refractivity contribution is 8.16. The van der Waals surface area contributed by atoms with E-state index in [4.69, 9.17) is 25.6 Å². The maximum atomic E-state index is 8.11. The number of furan rings is 2. The predicted molar refractivity (Wildman–Crippen MR) is 141 cm³/mol. The second-order valence-corrected chi connectivity index (χ2v) is 9.23. The number of rotatable bonds is 6. The van der Waals surface area contributed by atoms with Crippen molar-refractivity contribution in [1.29, 1.82) is 5.26 Å². The van der Waals surface area contributed by atoms with Crippen molar-refractivity contribution < 1.29 is 8.83 Å². The number of H-pyrrole nitrogens is 1. The van der Waals surface area contributed by atoms with Gasteiger partial charge in [-0.15, -0.1) is 33.7 Å². The van der Waals surface area contributed by atoms with Gasteiger partial charge in [0.2, 0.25) is 17.7 Å². The number of anilines is 2. The zero-order chi connectivity index (χ0) is 25.9. The fraction of sp³-hybridized carbons (Fsp3) is 0.211. The summed E-state index contributed by atoms with van der Waals surface area (Å²) >= 11 is 4.65. The third kappa shape index (κ3) is 7.07. The first kappa shape index (κ1) is 26.7. The molecule has 5 rings (SSSR count). The Morgan fingerprint density at radius 1 is 1.03 bits per heavy atom. The number of thioether (sulfide) groups is 3. The minimum atomic E-state index is 0.219. The molecule has 0 amide bonds. The Hall–Kier alpha value is -3.88. The molecule has 0 radical (unpaired) electrons. The number of fused-ring (bicyclic) bond motifs is 1. The average molecular weight is 547 g/mol. The molecule has 5 heterocycles. The Bertz CT molecular complexity index is 1370. The molecule has 0 fully saturated rings. The first-order valence-corrected chi connectivity index (χ1v) is 13.7. The molecule has 0 spiro atoms. The topological polar surface area (TPSA) is 212 Å². The van der Waals surface area contributed by atoms with E-state index in [2.05, 4.69) is 40.5 Å². The second kappa shape index (κ2) is 13.3. The largest absolute Gasteiger partial charge is 0.461 e. The van der Waals surface area contributed by atoms with Crippen LogP contribution in [0.25, 0.3) is 28.9 Å². The summed E-state index contributed by atoms with van der Waals surface area (Å²) in [4.78, 5) is 16.4. The number of aromatic nitrogens is 8. The summed E-state index contributed by atoms with van der Waals surface area (Å²) in [6, 6.07) is 7.09. The summed E-state index contributed by atoms with van der Waals surface area (Å²) in [5.74, 6) is 3.07. The number of nitrogens with one attached hydrogen (secondary N) is 2. The molecule has 36 heavy (non-hydrogen) atoms. The molecule has 17 heteroatoms. The Kier molecular flexibility index (Phi) is 9.85. The standard InChI is InChI=1S/C9H8N6OS.C6H6N4O.C4H8N2S2/c1-17-9-12-7(10)15-8(13-9)11-6(14-15)5-3-2-4-16-5;7-6-8-5(9-10-6)4-2-1-3-11-4;1-7-4(8-2)6-3-5/h2-4H,1H3,(H2,10,11,12,13,14);1-3H,(H3,7,8,9,10);4,6H,1-2H3. The van der Waals surface area contributed by atoms with Crippen LogP contribution in [0.2, 0.25) is 0 Å². The van der Waals surface area contributed by atoms with E-state index in [-0.39, 0.29) is 16.6 Å². The van der Waals surface area contributed by atoms with Crippen LogP contribution in [0.1, 0.15) is 0 Å². The summed E-state index contributed by atoms with van der Waals surface area (Å²) in [7, 11) is 0. The minimum absolute atomic E-state index is 0.219. The highest BCUT2D eigenvalue weighted by Gasteiger charge is 2.13. The van der Waals surface area contributed by atoms with Gasteiger partial charge in [0, 0.05) is 0 Å². The average Bonchev–Trinajstić information content (AvgIpc) is 3.69. The van der Waals surface area contributed by atoms with Gasteiger partial charge in [-0.3, -0.25) is 5.10 Å². The van der Waals surface area contributed by atoms with Gasteiger partial charge in [0.15, 0.2) is 28.7 Å². The fourth-order valence-corrected chi connectivity index (χ4v) is 3.92. The summed E-state index contributed by atoms with van der Waals surface area (Å²) in [6.45, 7) is 0. The van der Waals surface area contributed by atoms with Crippen molar-refractivity contribution in [3.63, 3.8) is 0 Å². The van der Waals surface area contributed by atoms with E-state index in [0.717, 1.165) is 0 Å². The van der Waals surface area contributed by atoms with Gasteiger partial charge in [-0.2, -0.15) is 29.7 Å². The number of nitriles is 1. The van der Waals surface area contributed by atoms with E-state index in [9.17, 15) is 0 Å². The molecular weight excluding hydrogens is 524 g/mol. The maximum Gasteiger partial charge on any atom is 0.258 e. The number of aromatic amines is 1. The summed E-state index contributed by atoms with van der Waals surface area (Å²) < 4.78 is 11.9. The first-order valence-electron chi connectivity index (χ1n) is 9.89. The van der Waals surface area contributed by atoms with Crippen LogP contribution in [-0.4, -0.2) is 63.2 Å². The minimum Gasteiger partial charge on any atom is -0.461 e. The zero-order valence-corrected chi connectivity index (χ0v) is 21.8. The molecule has 188 valence electrons. The van der Waals surface area contributed by atoms with Crippen molar-refractivity contribution in [3.05, 3.63) is 36.8 Å². The smallest absolute Gasteiger partial charge is 0.258 e. The summed E-state index contributed by atoms with van der Waals surface area (Å²) in [5.41, 5.74) is 11.1. The number of hydrogen-bond acceptors (Lipinski definition) is 15. The quantitative estimate of drug-likeness (QED) is 0.104. The van der Waals surface area contributed by atoms with Crippen LogP contribution in [0.4, 0.5) is 11.9 Å². The van der Waals surface area contributed by atoms with Gasteiger partial charge in [-0.25, -0.2) is 0 Å². The van der Waals surface area contributed by atoms with E-state index in [1.165, 1.54) is 16.3 Å². The van der Waals surface area contributed by atoms with Crippen LogP contribution < -0.4 is 16.8 Å². The predicted octanol–water partition coefficient (Wildman–Crippen LogP) is 2.80. The number of nitrogens with two attached hydrogens (primary N) is 2. The molecule has 0 aliphatic heterocycles. The molecule has 0 atom stereocenters. The molecule has 0 aromatic carbocycles. The normalized spacial score (nSPS) is 10.3. The summed E-state index contributed by atoms with van der Waals surface area (Å²) in [5, 5.41) is 21.8. The van der Waals surface area contributed by atoms with Crippen LogP contribution >= 0.6 is 35.3 Å². The molecule has 0 saturated carbocycles. The molecule has 0 aliphatic rings. The molecule has 6 N–H and O–H groups in total. The van der Waals surface area contributed by atoms with Crippen LogP contribution in [0.5, 0.6) is 0 Å². The molecule has 5 aromatic heterocycles. The van der Waals surface area contributed by atoms with E-state index in [1.54, 1.807) is 60.3 Å². The Morgan fingerprint density at radius 2 is 1.72 bits per heavy atom. The van der Waals surface area contributed by atoms with Gasteiger partial charge in [0.05, 0.1) is 12.5 Å². The third-order valence-electron chi connectivity index (χ3n) is 4.00. The lowest BCUT2D eigenvalue weighted by molar-refractivity contribution is 0.577. The van der Waals surface area contributed by atoms with Crippen LogP contribution in [-0.2, 0) is 0 Å². The second-order valence-electron chi connectivity index (χ2n) is 6.27. The molecule has 0 aliphatic carbocycles. The molecule has 0 unspecified atom stereocenters. The van der Waals surface area contributed by atoms with Crippen LogP contribution in [0.3, 0.4) is 0 Å². The monoisotopic (exact) mass is 546 g/mol. The van der Waals surface area contributed by atoms with Gasteiger partial charge >= 0.3 is 0 Å². The van der Waals surface area contributed by atoms with Crippen molar-refractivity contribution in [2.24, 2.45) is 0 Å². The molecule has 5 aromatic rings. The highest BCUT2D eigenvalue weighted by atomic mass is 32.2. The van der Waals surface area contributed by atoms with E-state index in [1.807, 2.05) is 25.0 Å². The molecule has 14 nitrogen and oxygen atoms in total. The third-order valence-corrected chi connectivity index (χ3v) is 6.80. The highest BCUT2D eigenvalue weighted by Crippen LogP contribution is 2.18. The lowest BCUT2D eigenvalue weighted by Gasteiger charge is -2.05. The lowest BCUT2D eigenvalue weighted by atomic mass is 10.4. The van der Waals surface area contributed by atoms with Crippen molar-refractivity contribution in [1.82, 2.24) is 45.1 Å². The van der Waals surface area contributed by atoms with Crippen LogP contribution in [0, 0.1) is 11.5 Å². The first-order chi connectivity index (χ1) is 17.5. The van der Waals surface area contributed by atoms with Gasteiger partial charge in [-0.05, 0) is 43.0 Å². The SMILES string of the molecule is CSC(NC#N)SC.CSc1nc(N)n2nc(-c3ccco3)nc2n1.Nc1n[nH]c(-c2ccco2)n1. The maximum absolute atomic E-state index is 8.11. The van der Waals surface area contributed by atoms with E-state index < -0.39 is 0 Å². The van der Waals surface area contributed by atoms with E-state index >= 15 is 0 Å². The molecule has 0 bridgehead atoms. The van der Waals surface area contributed by atoms with Crippen molar-refractivity contribution in [2.45, 2.75) is 9.86 Å².